The summed E-state index contributed by atoms with van der Waals surface area (Å²) in [5.74, 6) is 0. The van der Waals surface area contributed by atoms with Gasteiger partial charge in [-0.25, -0.2) is 4.98 Å². The highest BCUT2D eigenvalue weighted by atomic mass is 16.5. The summed E-state index contributed by atoms with van der Waals surface area (Å²) in [6.45, 7) is 1.54. The van der Waals surface area contributed by atoms with Crippen molar-refractivity contribution < 1.29 is 4.74 Å². The SMILES string of the molecule is c1ccc(CCCOC(Cn2ccnc2)c2ccccc2)cc1. The van der Waals surface area contributed by atoms with Crippen LogP contribution < -0.4 is 0 Å². The van der Waals surface area contributed by atoms with E-state index in [-0.39, 0.29) is 6.10 Å². The minimum atomic E-state index is 0.0566. The Morgan fingerprint density at radius 1 is 0.957 bits per heavy atom. The fourth-order valence-corrected chi connectivity index (χ4v) is 2.65. The van der Waals surface area contributed by atoms with Crippen molar-refractivity contribution in [2.24, 2.45) is 0 Å². The first-order valence-corrected chi connectivity index (χ1v) is 8.08. The predicted molar refractivity (Wildman–Crippen MR) is 92.1 cm³/mol. The number of rotatable bonds is 8. The highest BCUT2D eigenvalue weighted by molar-refractivity contribution is 5.17. The fourth-order valence-electron chi connectivity index (χ4n) is 2.65. The Balaban J connectivity index is 1.55. The largest absolute Gasteiger partial charge is 0.372 e. The maximum Gasteiger partial charge on any atom is 0.100 e. The van der Waals surface area contributed by atoms with Crippen LogP contribution in [0.4, 0.5) is 0 Å². The standard InChI is InChI=1S/C20H22N2O/c1-3-8-18(9-4-1)10-7-15-23-20(16-22-14-13-21-17-22)19-11-5-2-6-12-19/h1-6,8-9,11-14,17,20H,7,10,15-16H2. The van der Waals surface area contributed by atoms with Gasteiger partial charge in [0, 0.05) is 19.0 Å². The molecule has 1 unspecified atom stereocenters. The molecule has 23 heavy (non-hydrogen) atoms. The van der Waals surface area contributed by atoms with Crippen LogP contribution in [0.1, 0.15) is 23.7 Å². The smallest absolute Gasteiger partial charge is 0.100 e. The molecule has 2 aromatic carbocycles. The molecule has 3 nitrogen and oxygen atoms in total. The topological polar surface area (TPSA) is 27.1 Å². The van der Waals surface area contributed by atoms with Crippen LogP contribution in [0.25, 0.3) is 0 Å². The van der Waals surface area contributed by atoms with E-state index in [0.29, 0.717) is 0 Å². The molecule has 0 N–H and O–H groups in total. The van der Waals surface area contributed by atoms with E-state index in [2.05, 4.69) is 64.1 Å². The van der Waals surface area contributed by atoms with Gasteiger partial charge in [-0.05, 0) is 24.0 Å². The van der Waals surface area contributed by atoms with E-state index in [1.165, 1.54) is 11.1 Å². The Morgan fingerprint density at radius 2 is 1.70 bits per heavy atom. The van der Waals surface area contributed by atoms with Crippen molar-refractivity contribution in [1.29, 1.82) is 0 Å². The van der Waals surface area contributed by atoms with Crippen LogP contribution in [0.15, 0.2) is 79.4 Å². The van der Waals surface area contributed by atoms with Gasteiger partial charge in [0.15, 0.2) is 0 Å². The minimum Gasteiger partial charge on any atom is -0.372 e. The third-order valence-corrected chi connectivity index (χ3v) is 3.88. The van der Waals surface area contributed by atoms with Crippen molar-refractivity contribution in [3.63, 3.8) is 0 Å². The summed E-state index contributed by atoms with van der Waals surface area (Å²) in [5, 5.41) is 0. The third-order valence-electron chi connectivity index (χ3n) is 3.88. The van der Waals surface area contributed by atoms with Gasteiger partial charge < -0.3 is 9.30 Å². The average Bonchev–Trinajstić information content (AvgIpc) is 3.12. The fraction of sp³-hybridized carbons (Fsp3) is 0.250. The van der Waals surface area contributed by atoms with Crippen molar-refractivity contribution >= 4 is 0 Å². The Hall–Kier alpha value is -2.39. The van der Waals surface area contributed by atoms with Crippen LogP contribution in [0.2, 0.25) is 0 Å². The molecule has 0 bridgehead atoms. The van der Waals surface area contributed by atoms with E-state index in [1.54, 1.807) is 6.20 Å². The number of imidazole rings is 1. The highest BCUT2D eigenvalue weighted by Crippen LogP contribution is 2.20. The first kappa shape index (κ1) is 15.5. The molecule has 0 aliphatic carbocycles. The van der Waals surface area contributed by atoms with Gasteiger partial charge in [-0.2, -0.15) is 0 Å². The predicted octanol–water partition coefficient (Wildman–Crippen LogP) is 4.27. The summed E-state index contributed by atoms with van der Waals surface area (Å²) < 4.78 is 8.24. The molecule has 0 amide bonds. The number of aromatic nitrogens is 2. The minimum absolute atomic E-state index is 0.0566. The normalized spacial score (nSPS) is 12.2. The van der Waals surface area contributed by atoms with Crippen LogP contribution in [0.5, 0.6) is 0 Å². The lowest BCUT2D eigenvalue weighted by molar-refractivity contribution is 0.0391. The molecule has 3 aromatic rings. The number of hydrogen-bond acceptors (Lipinski definition) is 2. The van der Waals surface area contributed by atoms with E-state index in [1.807, 2.05) is 18.6 Å². The lowest BCUT2D eigenvalue weighted by Crippen LogP contribution is -2.13. The summed E-state index contributed by atoms with van der Waals surface area (Å²) in [4.78, 5) is 4.11. The van der Waals surface area contributed by atoms with Gasteiger partial charge in [0.1, 0.15) is 6.10 Å². The zero-order chi connectivity index (χ0) is 15.7. The molecule has 0 aliphatic rings. The maximum absolute atomic E-state index is 6.17. The van der Waals surface area contributed by atoms with Crippen LogP contribution >= 0.6 is 0 Å². The van der Waals surface area contributed by atoms with Gasteiger partial charge in [0.2, 0.25) is 0 Å². The maximum atomic E-state index is 6.17. The molecule has 0 radical (unpaired) electrons. The van der Waals surface area contributed by atoms with Crippen LogP contribution in [-0.4, -0.2) is 16.2 Å². The van der Waals surface area contributed by atoms with Gasteiger partial charge in [-0.1, -0.05) is 60.7 Å². The number of ether oxygens (including phenoxy) is 1. The molecule has 0 fully saturated rings. The third kappa shape index (κ3) is 4.80. The number of nitrogens with zero attached hydrogens (tertiary/aromatic N) is 2. The molecule has 118 valence electrons. The molecular formula is C20H22N2O. The van der Waals surface area contributed by atoms with E-state index in [4.69, 9.17) is 4.74 Å². The van der Waals surface area contributed by atoms with Gasteiger partial charge >= 0.3 is 0 Å². The molecule has 3 heteroatoms. The second kappa shape index (κ2) is 8.30. The summed E-state index contributed by atoms with van der Waals surface area (Å²) in [7, 11) is 0. The zero-order valence-electron chi connectivity index (χ0n) is 13.2. The van der Waals surface area contributed by atoms with Crippen molar-refractivity contribution in [3.05, 3.63) is 90.5 Å². The summed E-state index contributed by atoms with van der Waals surface area (Å²) in [5.41, 5.74) is 2.57. The summed E-state index contributed by atoms with van der Waals surface area (Å²) in [6.07, 6.45) is 7.75. The molecule has 0 spiro atoms. The van der Waals surface area contributed by atoms with Gasteiger partial charge in [-0.15, -0.1) is 0 Å². The second-order valence-electron chi connectivity index (χ2n) is 5.62. The van der Waals surface area contributed by atoms with Gasteiger partial charge in [0.05, 0.1) is 12.9 Å². The summed E-state index contributed by atoms with van der Waals surface area (Å²) >= 11 is 0. The first-order chi connectivity index (χ1) is 11.4. The quantitative estimate of drug-likeness (QED) is 0.581. The molecule has 3 rings (SSSR count). The molecule has 0 saturated carbocycles. The van der Waals surface area contributed by atoms with E-state index >= 15 is 0 Å². The van der Waals surface area contributed by atoms with E-state index in [9.17, 15) is 0 Å². The molecule has 1 aromatic heterocycles. The Bertz CT molecular complexity index is 665. The lowest BCUT2D eigenvalue weighted by atomic mass is 10.1. The van der Waals surface area contributed by atoms with Crippen molar-refractivity contribution in [2.45, 2.75) is 25.5 Å². The Kier molecular flexibility index (Phi) is 5.59. The Morgan fingerprint density at radius 3 is 2.39 bits per heavy atom. The lowest BCUT2D eigenvalue weighted by Gasteiger charge is -2.19. The zero-order valence-corrected chi connectivity index (χ0v) is 13.2. The van der Waals surface area contributed by atoms with Gasteiger partial charge in [0.25, 0.3) is 0 Å². The molecule has 1 heterocycles. The highest BCUT2D eigenvalue weighted by Gasteiger charge is 2.12. The molecule has 0 aliphatic heterocycles. The van der Waals surface area contributed by atoms with E-state index in [0.717, 1.165) is 26.0 Å². The average molecular weight is 306 g/mol. The first-order valence-electron chi connectivity index (χ1n) is 8.08. The monoisotopic (exact) mass is 306 g/mol. The van der Waals surface area contributed by atoms with Crippen LogP contribution in [-0.2, 0) is 17.7 Å². The van der Waals surface area contributed by atoms with Crippen LogP contribution in [0, 0.1) is 0 Å². The molecular weight excluding hydrogens is 284 g/mol. The molecule has 1 atom stereocenters. The number of hydrogen-bond donors (Lipinski definition) is 0. The van der Waals surface area contributed by atoms with Crippen molar-refractivity contribution in [2.75, 3.05) is 6.61 Å². The summed E-state index contributed by atoms with van der Waals surface area (Å²) in [6, 6.07) is 21.0. The van der Waals surface area contributed by atoms with Crippen molar-refractivity contribution in [1.82, 2.24) is 9.55 Å². The Labute approximate surface area is 137 Å². The van der Waals surface area contributed by atoms with E-state index < -0.39 is 0 Å². The second-order valence-corrected chi connectivity index (χ2v) is 5.62. The van der Waals surface area contributed by atoms with Gasteiger partial charge in [-0.3, -0.25) is 0 Å². The number of benzene rings is 2. The van der Waals surface area contributed by atoms with Crippen LogP contribution in [0.3, 0.4) is 0 Å². The molecule has 0 saturated heterocycles. The number of aryl methyl sites for hydroxylation is 1. The van der Waals surface area contributed by atoms with Crippen molar-refractivity contribution in [3.8, 4) is 0 Å².